The standard InChI is InChI=1S/C16H15FN2S/c1-10-7-11(2)15-14(8-10)18-16(19-15)20-9-12-5-3-4-6-13(12)17/h3-8H,9H2,1-2H3,(H,18,19). The number of nitrogens with zero attached hydrogens (tertiary/aromatic N) is 1. The third kappa shape index (κ3) is 2.56. The van der Waals surface area contributed by atoms with E-state index in [4.69, 9.17) is 0 Å². The van der Waals surface area contributed by atoms with E-state index in [1.54, 1.807) is 12.1 Å². The first-order valence-corrected chi connectivity index (χ1v) is 7.45. The predicted molar refractivity (Wildman–Crippen MR) is 81.5 cm³/mol. The SMILES string of the molecule is Cc1cc(C)c2nc(SCc3ccccc3F)[nH]c2c1. The van der Waals surface area contributed by atoms with Crippen molar-refractivity contribution in [2.45, 2.75) is 24.8 Å². The summed E-state index contributed by atoms with van der Waals surface area (Å²) >= 11 is 1.52. The van der Waals surface area contributed by atoms with Crippen LogP contribution in [0.25, 0.3) is 11.0 Å². The van der Waals surface area contributed by atoms with Gasteiger partial charge in [0.2, 0.25) is 0 Å². The molecule has 1 N–H and O–H groups in total. The molecule has 0 saturated carbocycles. The number of aromatic amines is 1. The highest BCUT2D eigenvalue weighted by molar-refractivity contribution is 7.98. The molecule has 0 aliphatic carbocycles. The molecule has 0 fully saturated rings. The van der Waals surface area contributed by atoms with Crippen LogP contribution in [-0.4, -0.2) is 9.97 Å². The first kappa shape index (κ1) is 13.2. The number of nitrogens with one attached hydrogen (secondary N) is 1. The van der Waals surface area contributed by atoms with Crippen LogP contribution in [0.5, 0.6) is 0 Å². The molecule has 2 aromatic carbocycles. The second-order valence-electron chi connectivity index (χ2n) is 4.90. The molecule has 0 bridgehead atoms. The number of H-pyrrole nitrogens is 1. The van der Waals surface area contributed by atoms with Gasteiger partial charge < -0.3 is 4.98 Å². The van der Waals surface area contributed by atoms with Crippen molar-refractivity contribution in [3.63, 3.8) is 0 Å². The summed E-state index contributed by atoms with van der Waals surface area (Å²) in [5.41, 5.74) is 5.11. The molecule has 0 amide bonds. The zero-order valence-corrected chi connectivity index (χ0v) is 12.2. The van der Waals surface area contributed by atoms with Crippen molar-refractivity contribution >= 4 is 22.8 Å². The molecule has 0 unspecified atom stereocenters. The molecule has 0 aliphatic heterocycles. The molecular weight excluding hydrogens is 271 g/mol. The molecule has 20 heavy (non-hydrogen) atoms. The second kappa shape index (κ2) is 5.29. The van der Waals surface area contributed by atoms with E-state index in [-0.39, 0.29) is 5.82 Å². The van der Waals surface area contributed by atoms with Gasteiger partial charge in [-0.05, 0) is 42.7 Å². The summed E-state index contributed by atoms with van der Waals surface area (Å²) in [6.45, 7) is 4.13. The van der Waals surface area contributed by atoms with Gasteiger partial charge in [-0.25, -0.2) is 9.37 Å². The first-order valence-electron chi connectivity index (χ1n) is 6.46. The van der Waals surface area contributed by atoms with Crippen molar-refractivity contribution in [1.29, 1.82) is 0 Å². The molecule has 0 atom stereocenters. The lowest BCUT2D eigenvalue weighted by molar-refractivity contribution is 0.617. The van der Waals surface area contributed by atoms with Gasteiger partial charge in [0.25, 0.3) is 0 Å². The van der Waals surface area contributed by atoms with Crippen LogP contribution in [0.3, 0.4) is 0 Å². The Balaban J connectivity index is 1.85. The number of thioether (sulfide) groups is 1. The molecule has 3 aromatic rings. The highest BCUT2D eigenvalue weighted by Gasteiger charge is 2.08. The van der Waals surface area contributed by atoms with Crippen LogP contribution in [0.2, 0.25) is 0 Å². The maximum absolute atomic E-state index is 13.6. The van der Waals surface area contributed by atoms with Crippen molar-refractivity contribution in [1.82, 2.24) is 9.97 Å². The summed E-state index contributed by atoms with van der Waals surface area (Å²) in [5, 5.41) is 0.831. The monoisotopic (exact) mass is 286 g/mol. The van der Waals surface area contributed by atoms with Gasteiger partial charge in [-0.1, -0.05) is 36.0 Å². The van der Waals surface area contributed by atoms with Crippen LogP contribution in [0.1, 0.15) is 16.7 Å². The van der Waals surface area contributed by atoms with E-state index in [0.717, 1.165) is 21.8 Å². The minimum atomic E-state index is -0.164. The zero-order valence-electron chi connectivity index (χ0n) is 11.4. The fraction of sp³-hybridized carbons (Fsp3) is 0.188. The summed E-state index contributed by atoms with van der Waals surface area (Å²) in [6, 6.07) is 11.1. The van der Waals surface area contributed by atoms with E-state index in [1.165, 1.54) is 23.4 Å². The third-order valence-electron chi connectivity index (χ3n) is 3.22. The quantitative estimate of drug-likeness (QED) is 0.712. The average molecular weight is 286 g/mol. The number of hydrogen-bond acceptors (Lipinski definition) is 2. The molecule has 3 rings (SSSR count). The highest BCUT2D eigenvalue weighted by atomic mass is 32.2. The van der Waals surface area contributed by atoms with Crippen molar-refractivity contribution in [3.8, 4) is 0 Å². The Morgan fingerprint density at radius 2 is 2.00 bits per heavy atom. The van der Waals surface area contributed by atoms with E-state index in [1.807, 2.05) is 6.07 Å². The van der Waals surface area contributed by atoms with Gasteiger partial charge in [0.1, 0.15) is 5.82 Å². The van der Waals surface area contributed by atoms with Gasteiger partial charge in [-0.3, -0.25) is 0 Å². The summed E-state index contributed by atoms with van der Waals surface area (Å²) in [7, 11) is 0. The molecule has 1 aromatic heterocycles. The van der Waals surface area contributed by atoms with E-state index in [9.17, 15) is 4.39 Å². The Morgan fingerprint density at radius 1 is 1.20 bits per heavy atom. The van der Waals surface area contributed by atoms with Gasteiger partial charge in [0.15, 0.2) is 5.16 Å². The summed E-state index contributed by atoms with van der Waals surface area (Å²) in [4.78, 5) is 7.88. The molecular formula is C16H15FN2S. The predicted octanol–water partition coefficient (Wildman–Crippen LogP) is 4.61. The minimum Gasteiger partial charge on any atom is -0.333 e. The van der Waals surface area contributed by atoms with Crippen molar-refractivity contribution in [3.05, 3.63) is 58.9 Å². The number of rotatable bonds is 3. The average Bonchev–Trinajstić information content (AvgIpc) is 2.81. The van der Waals surface area contributed by atoms with Crippen molar-refractivity contribution in [2.75, 3.05) is 0 Å². The Kier molecular flexibility index (Phi) is 3.49. The lowest BCUT2D eigenvalue weighted by Crippen LogP contribution is -1.86. The second-order valence-corrected chi connectivity index (χ2v) is 5.86. The van der Waals surface area contributed by atoms with Gasteiger partial charge in [-0.15, -0.1) is 0 Å². The molecule has 0 spiro atoms. The van der Waals surface area contributed by atoms with Crippen molar-refractivity contribution in [2.24, 2.45) is 0 Å². The van der Waals surface area contributed by atoms with E-state index >= 15 is 0 Å². The highest BCUT2D eigenvalue weighted by Crippen LogP contribution is 2.26. The van der Waals surface area contributed by atoms with Gasteiger partial charge in [0, 0.05) is 5.75 Å². The fourth-order valence-corrected chi connectivity index (χ4v) is 3.14. The van der Waals surface area contributed by atoms with Crippen LogP contribution < -0.4 is 0 Å². The first-order chi connectivity index (χ1) is 9.63. The summed E-state index contributed by atoms with van der Waals surface area (Å²) < 4.78 is 13.6. The lowest BCUT2D eigenvalue weighted by atomic mass is 10.1. The molecule has 0 radical (unpaired) electrons. The number of benzene rings is 2. The Hall–Kier alpha value is -1.81. The largest absolute Gasteiger partial charge is 0.333 e. The zero-order chi connectivity index (χ0) is 14.1. The van der Waals surface area contributed by atoms with Crippen LogP contribution in [0, 0.1) is 19.7 Å². The molecule has 0 aliphatic rings. The molecule has 1 heterocycles. The number of imidazole rings is 1. The molecule has 102 valence electrons. The minimum absolute atomic E-state index is 0.164. The van der Waals surface area contributed by atoms with Crippen LogP contribution >= 0.6 is 11.8 Å². The number of fused-ring (bicyclic) bond motifs is 1. The summed E-state index contributed by atoms with van der Waals surface area (Å²) in [5.74, 6) is 0.410. The normalized spacial score (nSPS) is 11.2. The number of aromatic nitrogens is 2. The van der Waals surface area contributed by atoms with Crippen LogP contribution in [0.4, 0.5) is 4.39 Å². The van der Waals surface area contributed by atoms with Gasteiger partial charge >= 0.3 is 0 Å². The maximum atomic E-state index is 13.6. The number of halogens is 1. The lowest BCUT2D eigenvalue weighted by Gasteiger charge is -2.00. The topological polar surface area (TPSA) is 28.7 Å². The Labute approximate surface area is 121 Å². The van der Waals surface area contributed by atoms with Gasteiger partial charge in [-0.2, -0.15) is 0 Å². The van der Waals surface area contributed by atoms with Crippen molar-refractivity contribution < 1.29 is 4.39 Å². The van der Waals surface area contributed by atoms with E-state index in [0.29, 0.717) is 11.3 Å². The number of aryl methyl sites for hydroxylation is 2. The molecule has 2 nitrogen and oxygen atoms in total. The third-order valence-corrected chi connectivity index (χ3v) is 4.14. The fourth-order valence-electron chi connectivity index (χ4n) is 2.28. The van der Waals surface area contributed by atoms with Crippen LogP contribution in [0.15, 0.2) is 41.6 Å². The smallest absolute Gasteiger partial charge is 0.166 e. The van der Waals surface area contributed by atoms with E-state index in [2.05, 4.69) is 35.9 Å². The van der Waals surface area contributed by atoms with Crippen LogP contribution in [-0.2, 0) is 5.75 Å². The molecule has 0 saturated heterocycles. The summed E-state index contributed by atoms with van der Waals surface area (Å²) in [6.07, 6.45) is 0. The Morgan fingerprint density at radius 3 is 2.80 bits per heavy atom. The van der Waals surface area contributed by atoms with E-state index < -0.39 is 0 Å². The van der Waals surface area contributed by atoms with Gasteiger partial charge in [0.05, 0.1) is 11.0 Å². The maximum Gasteiger partial charge on any atom is 0.166 e. The number of hydrogen-bond donors (Lipinski definition) is 1. The Bertz CT molecular complexity index is 764. The molecule has 4 heteroatoms.